The molecule has 0 saturated carbocycles. The van der Waals surface area contributed by atoms with Crippen LogP contribution in [0.15, 0.2) is 48.5 Å². The summed E-state index contributed by atoms with van der Waals surface area (Å²) in [5.74, 6) is -0.454. The molecular weight excluding hydrogens is 263 g/mol. The molecule has 2 aromatic rings. The molecule has 0 bridgehead atoms. The van der Waals surface area contributed by atoms with Gasteiger partial charge in [0.25, 0.3) is 0 Å². The number of Topliss-reactive ketones (excluding diaryl/α,β-unsaturated/α-hetero) is 1. The Kier molecular flexibility index (Phi) is 3.11. The van der Waals surface area contributed by atoms with E-state index < -0.39 is 5.38 Å². The van der Waals surface area contributed by atoms with E-state index in [0.717, 1.165) is 12.0 Å². The van der Waals surface area contributed by atoms with Gasteiger partial charge in [-0.3, -0.25) is 4.79 Å². The number of benzene rings is 2. The number of alkyl halides is 1. The molecule has 2 aromatic carbocycles. The zero-order valence-electron chi connectivity index (χ0n) is 10.1. The molecular formula is C16H12ClFO. The lowest BCUT2D eigenvalue weighted by molar-refractivity contribution is -0.120. The van der Waals surface area contributed by atoms with Crippen molar-refractivity contribution in [1.82, 2.24) is 0 Å². The fourth-order valence-corrected chi connectivity index (χ4v) is 2.78. The normalized spacial score (nSPS) is 18.3. The SMILES string of the molecule is O=C(C(Cl)c1ccc(F)cc1)C1Cc2ccccc21. The molecule has 96 valence electrons. The monoisotopic (exact) mass is 274 g/mol. The fourth-order valence-electron chi connectivity index (χ4n) is 2.49. The summed E-state index contributed by atoms with van der Waals surface area (Å²) in [6.07, 6.45) is 0.749. The van der Waals surface area contributed by atoms with E-state index in [1.165, 1.54) is 17.7 Å². The van der Waals surface area contributed by atoms with Crippen molar-refractivity contribution >= 4 is 17.4 Å². The first kappa shape index (κ1) is 12.4. The summed E-state index contributed by atoms with van der Waals surface area (Å²) < 4.78 is 12.9. The highest BCUT2D eigenvalue weighted by Gasteiger charge is 2.35. The van der Waals surface area contributed by atoms with Crippen molar-refractivity contribution in [3.05, 3.63) is 71.0 Å². The Labute approximate surface area is 116 Å². The first-order valence-electron chi connectivity index (χ1n) is 6.18. The Balaban J connectivity index is 1.80. The highest BCUT2D eigenvalue weighted by molar-refractivity contribution is 6.32. The first-order chi connectivity index (χ1) is 9.16. The molecule has 0 spiro atoms. The molecule has 0 saturated heterocycles. The minimum absolute atomic E-state index is 0.00743. The van der Waals surface area contributed by atoms with Gasteiger partial charge in [-0.05, 0) is 35.2 Å². The zero-order chi connectivity index (χ0) is 13.4. The topological polar surface area (TPSA) is 17.1 Å². The third-order valence-electron chi connectivity index (χ3n) is 3.61. The van der Waals surface area contributed by atoms with Gasteiger partial charge in [0.05, 0.1) is 0 Å². The number of fused-ring (bicyclic) bond motifs is 1. The predicted molar refractivity (Wildman–Crippen MR) is 72.9 cm³/mol. The van der Waals surface area contributed by atoms with Crippen molar-refractivity contribution in [2.45, 2.75) is 17.7 Å². The average Bonchev–Trinajstić information content (AvgIpc) is 2.40. The predicted octanol–water partition coefficient (Wildman–Crippen LogP) is 4.01. The van der Waals surface area contributed by atoms with E-state index in [0.29, 0.717) is 5.56 Å². The lowest BCUT2D eigenvalue weighted by Crippen LogP contribution is -2.27. The number of carbonyl (C=O) groups is 1. The van der Waals surface area contributed by atoms with Gasteiger partial charge in [0, 0.05) is 5.92 Å². The second kappa shape index (κ2) is 4.78. The van der Waals surface area contributed by atoms with Gasteiger partial charge < -0.3 is 0 Å². The molecule has 0 aliphatic heterocycles. The third-order valence-corrected chi connectivity index (χ3v) is 4.08. The van der Waals surface area contributed by atoms with E-state index in [9.17, 15) is 9.18 Å². The number of ketones is 1. The summed E-state index contributed by atoms with van der Waals surface area (Å²) in [5, 5.41) is -0.709. The maximum absolute atomic E-state index is 12.9. The smallest absolute Gasteiger partial charge is 0.162 e. The summed E-state index contributed by atoms with van der Waals surface area (Å²) in [7, 11) is 0. The fraction of sp³-hybridized carbons (Fsp3) is 0.188. The van der Waals surface area contributed by atoms with Crippen LogP contribution in [0.5, 0.6) is 0 Å². The molecule has 3 heteroatoms. The van der Waals surface area contributed by atoms with Crippen molar-refractivity contribution in [2.24, 2.45) is 0 Å². The van der Waals surface area contributed by atoms with Crippen LogP contribution in [0.25, 0.3) is 0 Å². The second-order valence-electron chi connectivity index (χ2n) is 4.77. The van der Waals surface area contributed by atoms with E-state index >= 15 is 0 Å². The second-order valence-corrected chi connectivity index (χ2v) is 5.21. The maximum atomic E-state index is 12.9. The molecule has 19 heavy (non-hydrogen) atoms. The lowest BCUT2D eigenvalue weighted by atomic mass is 9.74. The Morgan fingerprint density at radius 2 is 1.84 bits per heavy atom. The van der Waals surface area contributed by atoms with Gasteiger partial charge in [-0.15, -0.1) is 11.6 Å². The molecule has 1 aliphatic carbocycles. The van der Waals surface area contributed by atoms with Gasteiger partial charge in [0.2, 0.25) is 0 Å². The summed E-state index contributed by atoms with van der Waals surface area (Å²) in [4.78, 5) is 12.3. The van der Waals surface area contributed by atoms with Crippen molar-refractivity contribution in [3.63, 3.8) is 0 Å². The van der Waals surface area contributed by atoms with Crippen LogP contribution >= 0.6 is 11.6 Å². The van der Waals surface area contributed by atoms with Crippen LogP contribution in [0.2, 0.25) is 0 Å². The van der Waals surface area contributed by atoms with Gasteiger partial charge in [0.15, 0.2) is 5.78 Å². The standard InChI is InChI=1S/C16H12ClFO/c17-15(10-5-7-12(18)8-6-10)16(19)14-9-11-3-1-2-4-13(11)14/h1-8,14-15H,9H2. The number of rotatable bonds is 3. The quantitative estimate of drug-likeness (QED) is 0.773. The van der Waals surface area contributed by atoms with Crippen LogP contribution in [0.1, 0.15) is 28.0 Å². The van der Waals surface area contributed by atoms with E-state index in [-0.39, 0.29) is 17.5 Å². The number of carbonyl (C=O) groups excluding carboxylic acids is 1. The lowest BCUT2D eigenvalue weighted by Gasteiger charge is -2.30. The molecule has 0 N–H and O–H groups in total. The minimum atomic E-state index is -0.709. The zero-order valence-corrected chi connectivity index (χ0v) is 10.9. The van der Waals surface area contributed by atoms with Gasteiger partial charge in [-0.25, -0.2) is 4.39 Å². The minimum Gasteiger partial charge on any atom is -0.297 e. The van der Waals surface area contributed by atoms with Crippen LogP contribution in [0.4, 0.5) is 4.39 Å². The van der Waals surface area contributed by atoms with Gasteiger partial charge >= 0.3 is 0 Å². The largest absolute Gasteiger partial charge is 0.297 e. The summed E-state index contributed by atoms with van der Waals surface area (Å²) in [6.45, 7) is 0. The van der Waals surface area contributed by atoms with Crippen molar-refractivity contribution < 1.29 is 9.18 Å². The van der Waals surface area contributed by atoms with E-state index in [4.69, 9.17) is 11.6 Å². The number of hydrogen-bond donors (Lipinski definition) is 0. The van der Waals surface area contributed by atoms with Crippen LogP contribution in [-0.2, 0) is 11.2 Å². The van der Waals surface area contributed by atoms with Crippen LogP contribution in [-0.4, -0.2) is 5.78 Å². The van der Waals surface area contributed by atoms with Gasteiger partial charge in [-0.1, -0.05) is 36.4 Å². The first-order valence-corrected chi connectivity index (χ1v) is 6.61. The summed E-state index contributed by atoms with van der Waals surface area (Å²) in [5.41, 5.74) is 2.93. The Morgan fingerprint density at radius 1 is 1.16 bits per heavy atom. The Bertz CT molecular complexity index is 621. The summed E-state index contributed by atoms with van der Waals surface area (Å²) >= 11 is 6.21. The molecule has 0 fully saturated rings. The molecule has 1 aliphatic rings. The van der Waals surface area contributed by atoms with Crippen molar-refractivity contribution in [3.8, 4) is 0 Å². The molecule has 1 nitrogen and oxygen atoms in total. The molecule has 2 unspecified atom stereocenters. The van der Waals surface area contributed by atoms with E-state index in [1.807, 2.05) is 24.3 Å². The highest BCUT2D eigenvalue weighted by Crippen LogP contribution is 2.40. The third kappa shape index (κ3) is 2.17. The van der Waals surface area contributed by atoms with Gasteiger partial charge in [0.1, 0.15) is 11.2 Å². The number of halogens is 2. The van der Waals surface area contributed by atoms with E-state index in [2.05, 4.69) is 0 Å². The molecule has 0 heterocycles. The maximum Gasteiger partial charge on any atom is 0.162 e. The van der Waals surface area contributed by atoms with Crippen LogP contribution < -0.4 is 0 Å². The van der Waals surface area contributed by atoms with Crippen molar-refractivity contribution in [2.75, 3.05) is 0 Å². The molecule has 3 rings (SSSR count). The molecule has 0 radical (unpaired) electrons. The molecule has 0 aromatic heterocycles. The molecule has 0 amide bonds. The van der Waals surface area contributed by atoms with Crippen LogP contribution in [0.3, 0.4) is 0 Å². The van der Waals surface area contributed by atoms with E-state index in [1.54, 1.807) is 12.1 Å². The molecule has 2 atom stereocenters. The van der Waals surface area contributed by atoms with Crippen molar-refractivity contribution in [1.29, 1.82) is 0 Å². The summed E-state index contributed by atoms with van der Waals surface area (Å²) in [6, 6.07) is 13.7. The number of hydrogen-bond acceptors (Lipinski definition) is 1. The highest BCUT2D eigenvalue weighted by atomic mass is 35.5. The Hall–Kier alpha value is -1.67. The average molecular weight is 275 g/mol. The van der Waals surface area contributed by atoms with Gasteiger partial charge in [-0.2, -0.15) is 0 Å². The Morgan fingerprint density at radius 3 is 2.53 bits per heavy atom. The van der Waals surface area contributed by atoms with Crippen LogP contribution in [0, 0.1) is 5.82 Å².